The van der Waals surface area contributed by atoms with Gasteiger partial charge in [-0.15, -0.1) is 0 Å². The van der Waals surface area contributed by atoms with Gasteiger partial charge in [-0.1, -0.05) is 29.5 Å². The number of benzene rings is 3. The Bertz CT molecular complexity index is 1690. The number of rotatable bonds is 7. The Morgan fingerprint density at radius 3 is 2.63 bits per heavy atom. The summed E-state index contributed by atoms with van der Waals surface area (Å²) >= 11 is 1.23. The van der Waals surface area contributed by atoms with E-state index in [2.05, 4.69) is 4.98 Å². The zero-order chi connectivity index (χ0) is 24.5. The molecule has 0 aliphatic carbocycles. The summed E-state index contributed by atoms with van der Waals surface area (Å²) in [7, 11) is 0. The van der Waals surface area contributed by atoms with E-state index in [0.29, 0.717) is 27.4 Å². The molecule has 0 spiro atoms. The summed E-state index contributed by atoms with van der Waals surface area (Å²) in [5, 5.41) is 11.4. The predicted molar refractivity (Wildman–Crippen MR) is 136 cm³/mol. The van der Waals surface area contributed by atoms with Crippen LogP contribution in [0.4, 0.5) is 5.69 Å². The quantitative estimate of drug-likeness (QED) is 0.191. The Morgan fingerprint density at radius 1 is 1.03 bits per heavy atom. The molecule has 0 bridgehead atoms. The molecule has 0 saturated carbocycles. The summed E-state index contributed by atoms with van der Waals surface area (Å²) in [5.41, 5.74) is 3.92. The maximum atomic E-state index is 13.1. The smallest absolute Gasteiger partial charge is 0.274 e. The first-order chi connectivity index (χ1) is 16.9. The number of hydrogen-bond acceptors (Lipinski definition) is 7. The SMILES string of the molecule is Cc1ccc(OCCOc2ccc([N+](=O)[O-])cc2/C=c2\sc3nc4ccccc4n3c2=O)cc1C. The molecule has 0 amide bonds. The van der Waals surface area contributed by atoms with Gasteiger partial charge in [0, 0.05) is 17.7 Å². The number of aryl methyl sites for hydroxylation is 2. The lowest BCUT2D eigenvalue weighted by Gasteiger charge is -2.11. The van der Waals surface area contributed by atoms with E-state index in [1.165, 1.54) is 29.0 Å². The van der Waals surface area contributed by atoms with E-state index in [-0.39, 0.29) is 17.9 Å². The van der Waals surface area contributed by atoms with Gasteiger partial charge in [-0.05, 0) is 61.4 Å². The third-order valence-electron chi connectivity index (χ3n) is 5.72. The number of thiazole rings is 1. The van der Waals surface area contributed by atoms with E-state index in [4.69, 9.17) is 9.47 Å². The minimum atomic E-state index is -0.475. The monoisotopic (exact) mass is 487 g/mol. The molecular formula is C26H21N3O5S. The van der Waals surface area contributed by atoms with Crippen molar-refractivity contribution in [2.24, 2.45) is 0 Å². The number of hydrogen-bond donors (Lipinski definition) is 0. The molecule has 0 N–H and O–H groups in total. The molecule has 9 heteroatoms. The number of fused-ring (bicyclic) bond motifs is 3. The Balaban J connectivity index is 1.44. The van der Waals surface area contributed by atoms with Gasteiger partial charge in [0.05, 0.1) is 20.5 Å². The van der Waals surface area contributed by atoms with E-state index in [1.807, 2.05) is 56.3 Å². The number of non-ortho nitro benzene ring substituents is 1. The van der Waals surface area contributed by atoms with Gasteiger partial charge in [-0.2, -0.15) is 0 Å². The fourth-order valence-electron chi connectivity index (χ4n) is 3.76. The zero-order valence-corrected chi connectivity index (χ0v) is 19.9. The first-order valence-electron chi connectivity index (χ1n) is 10.9. The maximum Gasteiger partial charge on any atom is 0.274 e. The second kappa shape index (κ2) is 9.19. The van der Waals surface area contributed by atoms with Crippen LogP contribution < -0.4 is 19.6 Å². The molecular weight excluding hydrogens is 466 g/mol. The molecule has 0 radical (unpaired) electrons. The van der Waals surface area contributed by atoms with Gasteiger partial charge >= 0.3 is 0 Å². The van der Waals surface area contributed by atoms with Crippen LogP contribution in [0.1, 0.15) is 16.7 Å². The summed E-state index contributed by atoms with van der Waals surface area (Å²) < 4.78 is 13.6. The average molecular weight is 488 g/mol. The van der Waals surface area contributed by atoms with Gasteiger partial charge in [0.25, 0.3) is 11.2 Å². The fourth-order valence-corrected chi connectivity index (χ4v) is 4.74. The molecule has 0 aliphatic rings. The van der Waals surface area contributed by atoms with Crippen molar-refractivity contribution in [1.29, 1.82) is 0 Å². The van der Waals surface area contributed by atoms with Crippen molar-refractivity contribution in [2.45, 2.75) is 13.8 Å². The highest BCUT2D eigenvalue weighted by Gasteiger charge is 2.14. The van der Waals surface area contributed by atoms with Crippen LogP contribution in [0.15, 0.2) is 65.5 Å². The summed E-state index contributed by atoms with van der Waals surface area (Å²) in [6.07, 6.45) is 1.61. The highest BCUT2D eigenvalue weighted by Crippen LogP contribution is 2.25. The van der Waals surface area contributed by atoms with Gasteiger partial charge in [0.2, 0.25) is 0 Å². The highest BCUT2D eigenvalue weighted by atomic mass is 32.1. The van der Waals surface area contributed by atoms with E-state index in [0.717, 1.165) is 22.3 Å². The number of ether oxygens (including phenoxy) is 2. The number of aromatic nitrogens is 2. The fraction of sp³-hybridized carbons (Fsp3) is 0.154. The number of nitro benzene ring substituents is 1. The van der Waals surface area contributed by atoms with Crippen molar-refractivity contribution in [3.63, 3.8) is 0 Å². The lowest BCUT2D eigenvalue weighted by molar-refractivity contribution is -0.384. The van der Waals surface area contributed by atoms with Crippen molar-refractivity contribution in [3.8, 4) is 11.5 Å². The molecule has 176 valence electrons. The third kappa shape index (κ3) is 4.45. The van der Waals surface area contributed by atoms with Gasteiger partial charge in [-0.3, -0.25) is 14.9 Å². The molecule has 2 aromatic heterocycles. The first-order valence-corrected chi connectivity index (χ1v) is 11.8. The van der Waals surface area contributed by atoms with Crippen LogP contribution in [0.3, 0.4) is 0 Å². The van der Waals surface area contributed by atoms with Gasteiger partial charge < -0.3 is 9.47 Å². The second-order valence-electron chi connectivity index (χ2n) is 8.06. The number of para-hydroxylation sites is 2. The Kier molecular flexibility index (Phi) is 5.92. The molecule has 35 heavy (non-hydrogen) atoms. The van der Waals surface area contributed by atoms with E-state index in [1.54, 1.807) is 16.5 Å². The van der Waals surface area contributed by atoms with Crippen molar-refractivity contribution in [1.82, 2.24) is 9.38 Å². The molecule has 5 rings (SSSR count). The van der Waals surface area contributed by atoms with Crippen LogP contribution in [0.25, 0.3) is 22.1 Å². The van der Waals surface area contributed by atoms with Crippen LogP contribution in [0.2, 0.25) is 0 Å². The molecule has 0 aliphatic heterocycles. The van der Waals surface area contributed by atoms with Crippen LogP contribution in [-0.2, 0) is 0 Å². The van der Waals surface area contributed by atoms with Crippen LogP contribution in [0.5, 0.6) is 11.5 Å². The van der Waals surface area contributed by atoms with Crippen LogP contribution in [0, 0.1) is 24.0 Å². The van der Waals surface area contributed by atoms with E-state index >= 15 is 0 Å². The second-order valence-corrected chi connectivity index (χ2v) is 9.07. The summed E-state index contributed by atoms with van der Waals surface area (Å²) in [6.45, 7) is 4.58. The van der Waals surface area contributed by atoms with Crippen molar-refractivity contribution < 1.29 is 14.4 Å². The normalized spacial score (nSPS) is 11.9. The lowest BCUT2D eigenvalue weighted by Crippen LogP contribution is -2.22. The van der Waals surface area contributed by atoms with Crippen LogP contribution in [-0.4, -0.2) is 27.5 Å². The predicted octanol–water partition coefficient (Wildman–Crippen LogP) is 4.44. The topological polar surface area (TPSA) is 96.0 Å². The lowest BCUT2D eigenvalue weighted by atomic mass is 10.1. The van der Waals surface area contributed by atoms with Crippen molar-refractivity contribution in [2.75, 3.05) is 13.2 Å². The van der Waals surface area contributed by atoms with Crippen molar-refractivity contribution in [3.05, 3.63) is 102 Å². The highest BCUT2D eigenvalue weighted by molar-refractivity contribution is 7.15. The van der Waals surface area contributed by atoms with Gasteiger partial charge in [-0.25, -0.2) is 9.38 Å². The Hall–Kier alpha value is -4.24. The standard InChI is InChI=1S/C26H21N3O5S/c1-16-7-9-20(13-17(16)2)33-11-12-34-23-10-8-19(29(31)32)14-18(23)15-24-25(30)28-22-6-4-3-5-21(22)27-26(28)35-24/h3-10,13-15H,11-12H2,1-2H3/b24-15-. The summed E-state index contributed by atoms with van der Waals surface area (Å²) in [4.78, 5) is 29.1. The Labute approximate surface area is 203 Å². The van der Waals surface area contributed by atoms with E-state index < -0.39 is 4.92 Å². The third-order valence-corrected chi connectivity index (χ3v) is 6.69. The Morgan fingerprint density at radius 2 is 1.83 bits per heavy atom. The first kappa shape index (κ1) is 22.5. The number of nitro groups is 1. The molecule has 8 nitrogen and oxygen atoms in total. The molecule has 0 unspecified atom stereocenters. The van der Waals surface area contributed by atoms with Gasteiger partial charge in [0.1, 0.15) is 24.7 Å². The molecule has 3 aromatic carbocycles. The largest absolute Gasteiger partial charge is 0.490 e. The number of imidazole rings is 1. The molecule has 0 fully saturated rings. The summed E-state index contributed by atoms with van der Waals surface area (Å²) in [5.74, 6) is 1.17. The van der Waals surface area contributed by atoms with E-state index in [9.17, 15) is 14.9 Å². The molecule has 0 atom stereocenters. The van der Waals surface area contributed by atoms with Crippen molar-refractivity contribution >= 4 is 39.1 Å². The number of nitrogens with zero attached hydrogens (tertiary/aromatic N) is 3. The molecule has 0 saturated heterocycles. The molecule has 2 heterocycles. The average Bonchev–Trinajstić information content (AvgIpc) is 3.35. The van der Waals surface area contributed by atoms with Gasteiger partial charge in [0.15, 0.2) is 4.96 Å². The summed E-state index contributed by atoms with van der Waals surface area (Å²) in [6, 6.07) is 17.6. The zero-order valence-electron chi connectivity index (χ0n) is 19.1. The van der Waals surface area contributed by atoms with Crippen LogP contribution >= 0.6 is 11.3 Å². The molecule has 5 aromatic rings. The maximum absolute atomic E-state index is 13.1. The minimum Gasteiger partial charge on any atom is -0.490 e. The minimum absolute atomic E-state index is 0.0887.